The number of thiazole rings is 1. The number of nitrogens with zero attached hydrogens (tertiary/aromatic N) is 4. The number of hydrogen-bond donors (Lipinski definition) is 2. The van der Waals surface area contributed by atoms with Crippen molar-refractivity contribution in [3.05, 3.63) is 52.5 Å². The van der Waals surface area contributed by atoms with E-state index in [0.717, 1.165) is 23.4 Å². The highest BCUT2D eigenvalue weighted by atomic mass is 32.1. The number of amides is 4. The fourth-order valence-electron chi connectivity index (χ4n) is 8.17. The molecule has 13 heteroatoms. The molecule has 2 aromatic rings. The maximum atomic E-state index is 14.3. The monoisotopic (exact) mass is 784 g/mol. The second kappa shape index (κ2) is 21.8. The number of benzene rings is 1. The van der Waals surface area contributed by atoms with Gasteiger partial charge < -0.3 is 29.9 Å². The maximum absolute atomic E-state index is 14.3. The molecule has 0 radical (unpaired) electrons. The van der Waals surface area contributed by atoms with Crippen molar-refractivity contribution < 1.29 is 28.7 Å². The summed E-state index contributed by atoms with van der Waals surface area (Å²) < 4.78 is 12.1. The first-order valence-corrected chi connectivity index (χ1v) is 20.8. The summed E-state index contributed by atoms with van der Waals surface area (Å²) in [5.41, 5.74) is 1.09. The van der Waals surface area contributed by atoms with E-state index in [-0.39, 0.29) is 65.9 Å². The molecule has 9 atom stereocenters. The van der Waals surface area contributed by atoms with Crippen LogP contribution in [0.5, 0.6) is 0 Å². The third-order valence-corrected chi connectivity index (χ3v) is 12.2. The van der Waals surface area contributed by atoms with Crippen molar-refractivity contribution in [1.82, 2.24) is 30.3 Å². The van der Waals surface area contributed by atoms with Crippen LogP contribution in [0.3, 0.4) is 0 Å². The molecule has 2 N–H and O–H groups in total. The first-order valence-electron chi connectivity index (χ1n) is 19.9. The topological polar surface area (TPSA) is 133 Å². The molecule has 1 aliphatic rings. The molecule has 1 aliphatic heterocycles. The van der Waals surface area contributed by atoms with Gasteiger partial charge in [0.1, 0.15) is 11.0 Å². The van der Waals surface area contributed by atoms with E-state index in [2.05, 4.69) is 29.5 Å². The molecule has 1 aromatic heterocycles. The van der Waals surface area contributed by atoms with E-state index in [1.54, 1.807) is 32.4 Å². The third-order valence-electron chi connectivity index (χ3n) is 11.3. The lowest BCUT2D eigenvalue weighted by molar-refractivity contribution is -0.148. The van der Waals surface area contributed by atoms with Crippen molar-refractivity contribution in [3.63, 3.8) is 0 Å². The van der Waals surface area contributed by atoms with Crippen molar-refractivity contribution in [2.75, 3.05) is 41.9 Å². The zero-order valence-electron chi connectivity index (χ0n) is 35.3. The van der Waals surface area contributed by atoms with Crippen LogP contribution in [0.1, 0.15) is 90.8 Å². The molecule has 0 bridgehead atoms. The van der Waals surface area contributed by atoms with Crippen molar-refractivity contribution in [1.29, 1.82) is 0 Å². The summed E-state index contributed by atoms with van der Waals surface area (Å²) in [7, 11) is 8.66. The van der Waals surface area contributed by atoms with E-state index in [0.29, 0.717) is 19.4 Å². The van der Waals surface area contributed by atoms with E-state index in [4.69, 9.17) is 9.47 Å². The lowest BCUT2D eigenvalue weighted by Crippen LogP contribution is -2.59. The van der Waals surface area contributed by atoms with Gasteiger partial charge in [0.15, 0.2) is 0 Å². The molecule has 308 valence electrons. The van der Waals surface area contributed by atoms with E-state index in [1.807, 2.05) is 94.2 Å². The zero-order valence-corrected chi connectivity index (χ0v) is 36.1. The minimum Gasteiger partial charge on any atom is -0.379 e. The normalized spacial score (nSPS) is 19.0. The van der Waals surface area contributed by atoms with Crippen LogP contribution in [0, 0.1) is 23.7 Å². The van der Waals surface area contributed by atoms with Gasteiger partial charge in [-0.15, -0.1) is 11.3 Å². The highest BCUT2D eigenvalue weighted by Gasteiger charge is 2.43. The maximum Gasteiger partial charge on any atom is 0.245 e. The number of carbonyl (C=O) groups excluding carboxylic acids is 4. The van der Waals surface area contributed by atoms with Crippen LogP contribution < -0.4 is 10.6 Å². The summed E-state index contributed by atoms with van der Waals surface area (Å²) >= 11 is 1.51. The van der Waals surface area contributed by atoms with Crippen LogP contribution in [0.25, 0.3) is 0 Å². The molecule has 4 amide bonds. The SMILES string of the molecule is CC[C@H](C)[C@@H]([C@@H](CC(=O)N1CCCC1[C@H](OC)[C@@H](C)C(=O)NC(Cc1ccccc1)c1nccs1)OC)N(C)C(=O)[C@H](NC(=O)[C@H](C(C)C)N(C)C)C(C)C. The van der Waals surface area contributed by atoms with Gasteiger partial charge in [-0.25, -0.2) is 4.98 Å². The molecule has 0 spiro atoms. The Morgan fingerprint density at radius 3 is 2.15 bits per heavy atom. The van der Waals surface area contributed by atoms with Gasteiger partial charge in [0.05, 0.1) is 48.7 Å². The van der Waals surface area contributed by atoms with Gasteiger partial charge in [-0.1, -0.05) is 85.2 Å². The summed E-state index contributed by atoms with van der Waals surface area (Å²) in [5, 5.41) is 9.02. The molecule has 0 saturated carbocycles. The predicted molar refractivity (Wildman–Crippen MR) is 218 cm³/mol. The predicted octanol–water partition coefficient (Wildman–Crippen LogP) is 5.19. The van der Waals surface area contributed by atoms with Crippen LogP contribution in [0.2, 0.25) is 0 Å². The van der Waals surface area contributed by atoms with Crippen LogP contribution >= 0.6 is 11.3 Å². The first kappa shape index (κ1) is 46.0. The van der Waals surface area contributed by atoms with E-state index < -0.39 is 30.2 Å². The average molecular weight is 785 g/mol. The summed E-state index contributed by atoms with van der Waals surface area (Å²) in [5.74, 6) is -1.35. The lowest BCUT2D eigenvalue weighted by Gasteiger charge is -2.41. The van der Waals surface area contributed by atoms with Crippen LogP contribution in [0.15, 0.2) is 41.9 Å². The van der Waals surface area contributed by atoms with Crippen molar-refractivity contribution in [3.8, 4) is 0 Å². The highest BCUT2D eigenvalue weighted by molar-refractivity contribution is 7.09. The van der Waals surface area contributed by atoms with Gasteiger partial charge in [0.2, 0.25) is 23.6 Å². The van der Waals surface area contributed by atoms with Crippen LogP contribution in [-0.4, -0.2) is 122 Å². The highest BCUT2D eigenvalue weighted by Crippen LogP contribution is 2.30. The zero-order chi connectivity index (χ0) is 41.0. The van der Waals surface area contributed by atoms with Crippen molar-refractivity contribution in [2.45, 2.75) is 123 Å². The fourth-order valence-corrected chi connectivity index (χ4v) is 8.86. The second-order valence-corrected chi connectivity index (χ2v) is 17.0. The molecular weight excluding hydrogens is 717 g/mol. The molecule has 55 heavy (non-hydrogen) atoms. The standard InChI is InChI=1S/C42H68N6O6S/c1-13-28(6)37(47(10)42(52)35(26(2)3)45-40(51)36(27(4)5)46(8)9)33(53-11)25-34(49)48-22-17-20-32(48)38(54-12)29(7)39(50)44-31(41-43-21-23-55-41)24-30-18-15-14-16-19-30/h14-16,18-19,21,23,26-29,31-33,35-38H,13,17,20,22,24-25H2,1-12H3,(H,44,50)(H,45,51)/t28-,29+,31?,32?,33+,35+,36-,37-,38+/m0/s1. The smallest absolute Gasteiger partial charge is 0.245 e. The van der Waals surface area contributed by atoms with Crippen molar-refractivity contribution in [2.24, 2.45) is 23.7 Å². The Bertz CT molecular complexity index is 1480. The van der Waals surface area contributed by atoms with E-state index >= 15 is 0 Å². The number of aromatic nitrogens is 1. The molecule has 2 heterocycles. The number of hydrogen-bond acceptors (Lipinski definition) is 9. The lowest BCUT2D eigenvalue weighted by atomic mass is 9.89. The number of likely N-dealkylation sites (tertiary alicyclic amines) is 1. The first-order chi connectivity index (χ1) is 26.1. The van der Waals surface area contributed by atoms with Gasteiger partial charge in [0.25, 0.3) is 0 Å². The number of rotatable bonds is 21. The Balaban J connectivity index is 1.79. The number of ether oxygens (including phenoxy) is 2. The number of methoxy groups -OCH3 is 2. The van der Waals surface area contributed by atoms with E-state index in [9.17, 15) is 19.2 Å². The molecule has 12 nitrogen and oxygen atoms in total. The fraction of sp³-hybridized carbons (Fsp3) is 0.690. The van der Waals surface area contributed by atoms with Crippen LogP contribution in [-0.2, 0) is 35.1 Å². The molecule has 1 fully saturated rings. The molecule has 0 aliphatic carbocycles. The average Bonchev–Trinajstić information content (AvgIpc) is 3.87. The van der Waals surface area contributed by atoms with Gasteiger partial charge in [-0.3, -0.25) is 24.1 Å². The third kappa shape index (κ3) is 12.1. The number of nitrogens with one attached hydrogen (secondary N) is 2. The largest absolute Gasteiger partial charge is 0.379 e. The van der Waals surface area contributed by atoms with Gasteiger partial charge in [-0.05, 0) is 56.7 Å². The summed E-state index contributed by atoms with van der Waals surface area (Å²) in [6.07, 6.45) is 3.49. The van der Waals surface area contributed by atoms with Gasteiger partial charge >= 0.3 is 0 Å². The molecule has 3 rings (SSSR count). The molecular formula is C42H68N6O6S. The Kier molecular flexibility index (Phi) is 18.2. The summed E-state index contributed by atoms with van der Waals surface area (Å²) in [6.45, 7) is 14.3. The van der Waals surface area contributed by atoms with Crippen molar-refractivity contribution >= 4 is 35.0 Å². The van der Waals surface area contributed by atoms with Gasteiger partial charge in [0, 0.05) is 39.4 Å². The summed E-state index contributed by atoms with van der Waals surface area (Å²) in [4.78, 5) is 65.8. The second-order valence-electron chi connectivity index (χ2n) is 16.1. The summed E-state index contributed by atoms with van der Waals surface area (Å²) in [6, 6.07) is 7.83. The van der Waals surface area contributed by atoms with Crippen LogP contribution in [0.4, 0.5) is 0 Å². The van der Waals surface area contributed by atoms with E-state index in [1.165, 1.54) is 11.3 Å². The minimum atomic E-state index is -0.751. The van der Waals surface area contributed by atoms with Gasteiger partial charge in [-0.2, -0.15) is 0 Å². The Labute approximate surface area is 334 Å². The number of carbonyl (C=O) groups is 4. The number of likely N-dealkylation sites (N-methyl/N-ethyl adjacent to an activating group) is 2. The minimum absolute atomic E-state index is 0.00751. The molecule has 2 unspecified atom stereocenters. The molecule has 1 aromatic carbocycles. The Hall–Kier alpha value is -3.39. The Morgan fingerprint density at radius 2 is 1.62 bits per heavy atom. The Morgan fingerprint density at radius 1 is 0.945 bits per heavy atom. The quantitative estimate of drug-likeness (QED) is 0.177. The molecule has 1 saturated heterocycles.